The van der Waals surface area contributed by atoms with Crippen LogP contribution >= 0.6 is 0 Å². The van der Waals surface area contributed by atoms with E-state index in [2.05, 4.69) is 5.32 Å². The fourth-order valence-electron chi connectivity index (χ4n) is 2.67. The summed E-state index contributed by atoms with van der Waals surface area (Å²) in [6.45, 7) is 5.83. The van der Waals surface area contributed by atoms with Crippen molar-refractivity contribution in [1.82, 2.24) is 0 Å². The first-order valence-electron chi connectivity index (χ1n) is 8.20. The monoisotopic (exact) mass is 340 g/mol. The Morgan fingerprint density at radius 3 is 2.32 bits per heavy atom. The second kappa shape index (κ2) is 8.33. The van der Waals surface area contributed by atoms with Gasteiger partial charge in [-0.1, -0.05) is 17.7 Å². The van der Waals surface area contributed by atoms with Crippen LogP contribution in [-0.2, 0) is 9.59 Å². The highest BCUT2D eigenvalue weighted by atomic mass is 16.5. The molecule has 0 bridgehead atoms. The fraction of sp³-hybridized carbons (Fsp3) is 0.300. The lowest BCUT2D eigenvalue weighted by molar-refractivity contribution is -0.117. The molecule has 2 aromatic rings. The van der Waals surface area contributed by atoms with Gasteiger partial charge >= 0.3 is 0 Å². The highest BCUT2D eigenvalue weighted by molar-refractivity contribution is 5.95. The molecule has 25 heavy (non-hydrogen) atoms. The standard InChI is InChI=1S/C20H24N2O3/c1-14-5-10-19(15(2)13-14)22(16(3)23)12-11-20(24)21-17-6-8-18(25-4)9-7-17/h5-10,13H,11-12H2,1-4H3,(H,21,24). The Hall–Kier alpha value is -2.82. The average molecular weight is 340 g/mol. The molecule has 0 unspecified atom stereocenters. The van der Waals surface area contributed by atoms with Gasteiger partial charge in [0.2, 0.25) is 11.8 Å². The zero-order valence-electron chi connectivity index (χ0n) is 15.1. The number of anilines is 2. The van der Waals surface area contributed by atoms with E-state index < -0.39 is 0 Å². The summed E-state index contributed by atoms with van der Waals surface area (Å²) >= 11 is 0. The SMILES string of the molecule is COc1ccc(NC(=O)CCN(C(C)=O)c2ccc(C)cc2C)cc1. The molecular weight excluding hydrogens is 316 g/mol. The summed E-state index contributed by atoms with van der Waals surface area (Å²) in [4.78, 5) is 25.8. The minimum Gasteiger partial charge on any atom is -0.497 e. The van der Waals surface area contributed by atoms with E-state index in [1.165, 1.54) is 6.92 Å². The molecule has 0 saturated carbocycles. The van der Waals surface area contributed by atoms with E-state index in [4.69, 9.17) is 4.74 Å². The molecule has 0 aliphatic rings. The maximum atomic E-state index is 12.2. The van der Waals surface area contributed by atoms with Crippen molar-refractivity contribution in [3.8, 4) is 5.75 Å². The third-order valence-corrected chi connectivity index (χ3v) is 3.96. The minimum atomic E-state index is -0.138. The van der Waals surface area contributed by atoms with Crippen LogP contribution in [0.2, 0.25) is 0 Å². The Morgan fingerprint density at radius 2 is 1.76 bits per heavy atom. The molecule has 0 fully saturated rings. The zero-order valence-corrected chi connectivity index (χ0v) is 15.1. The first kappa shape index (κ1) is 18.5. The number of nitrogens with zero attached hydrogens (tertiary/aromatic N) is 1. The predicted octanol–water partition coefficient (Wildman–Crippen LogP) is 3.69. The summed E-state index contributed by atoms with van der Waals surface area (Å²) in [5, 5.41) is 2.83. The quantitative estimate of drug-likeness (QED) is 0.872. The average Bonchev–Trinajstić information content (AvgIpc) is 2.57. The second-order valence-electron chi connectivity index (χ2n) is 5.99. The fourth-order valence-corrected chi connectivity index (χ4v) is 2.67. The van der Waals surface area contributed by atoms with Crippen molar-refractivity contribution >= 4 is 23.2 Å². The third kappa shape index (κ3) is 5.08. The Labute approximate surface area is 148 Å². The van der Waals surface area contributed by atoms with Crippen molar-refractivity contribution < 1.29 is 14.3 Å². The molecule has 5 nitrogen and oxygen atoms in total. The van der Waals surface area contributed by atoms with Crippen LogP contribution in [0, 0.1) is 13.8 Å². The van der Waals surface area contributed by atoms with Gasteiger partial charge in [-0.2, -0.15) is 0 Å². The lowest BCUT2D eigenvalue weighted by Gasteiger charge is -2.23. The van der Waals surface area contributed by atoms with Crippen molar-refractivity contribution in [3.05, 3.63) is 53.6 Å². The Bertz CT molecular complexity index is 754. The molecule has 2 rings (SSSR count). The molecule has 0 radical (unpaired) electrons. The molecule has 0 spiro atoms. The van der Waals surface area contributed by atoms with E-state index >= 15 is 0 Å². The van der Waals surface area contributed by atoms with Crippen LogP contribution in [-0.4, -0.2) is 25.5 Å². The molecular formula is C20H24N2O3. The Kier molecular flexibility index (Phi) is 6.17. The van der Waals surface area contributed by atoms with E-state index in [1.54, 1.807) is 36.3 Å². The van der Waals surface area contributed by atoms with E-state index in [1.807, 2.05) is 32.0 Å². The van der Waals surface area contributed by atoms with Crippen LogP contribution in [0.1, 0.15) is 24.5 Å². The summed E-state index contributed by atoms with van der Waals surface area (Å²) < 4.78 is 5.09. The second-order valence-corrected chi connectivity index (χ2v) is 5.99. The molecule has 0 saturated heterocycles. The van der Waals surface area contributed by atoms with Crippen molar-refractivity contribution in [3.63, 3.8) is 0 Å². The molecule has 2 amide bonds. The first-order valence-corrected chi connectivity index (χ1v) is 8.20. The zero-order chi connectivity index (χ0) is 18.4. The number of benzene rings is 2. The van der Waals surface area contributed by atoms with Crippen molar-refractivity contribution in [2.45, 2.75) is 27.2 Å². The Balaban J connectivity index is 2.00. The number of aryl methyl sites for hydroxylation is 2. The van der Waals surface area contributed by atoms with Crippen molar-refractivity contribution in [2.24, 2.45) is 0 Å². The van der Waals surface area contributed by atoms with Gasteiger partial charge in [-0.25, -0.2) is 0 Å². The molecule has 0 atom stereocenters. The van der Waals surface area contributed by atoms with E-state index in [0.717, 1.165) is 22.6 Å². The number of ether oxygens (including phenoxy) is 1. The highest BCUT2D eigenvalue weighted by Gasteiger charge is 2.15. The van der Waals surface area contributed by atoms with Crippen molar-refractivity contribution in [1.29, 1.82) is 0 Å². The van der Waals surface area contributed by atoms with Crippen LogP contribution < -0.4 is 15.0 Å². The lowest BCUT2D eigenvalue weighted by Crippen LogP contribution is -2.32. The van der Waals surface area contributed by atoms with Crippen LogP contribution in [0.15, 0.2) is 42.5 Å². The minimum absolute atomic E-state index is 0.0794. The van der Waals surface area contributed by atoms with Gasteiger partial charge in [0.05, 0.1) is 7.11 Å². The number of nitrogens with one attached hydrogen (secondary N) is 1. The smallest absolute Gasteiger partial charge is 0.226 e. The molecule has 0 aliphatic carbocycles. The lowest BCUT2D eigenvalue weighted by atomic mass is 10.1. The largest absolute Gasteiger partial charge is 0.497 e. The van der Waals surface area contributed by atoms with Crippen LogP contribution in [0.3, 0.4) is 0 Å². The van der Waals surface area contributed by atoms with E-state index in [9.17, 15) is 9.59 Å². The van der Waals surface area contributed by atoms with Gasteiger partial charge in [0.1, 0.15) is 5.75 Å². The van der Waals surface area contributed by atoms with Gasteiger partial charge in [-0.3, -0.25) is 9.59 Å². The van der Waals surface area contributed by atoms with Gasteiger partial charge in [0.15, 0.2) is 0 Å². The first-order chi connectivity index (χ1) is 11.9. The maximum Gasteiger partial charge on any atom is 0.226 e. The highest BCUT2D eigenvalue weighted by Crippen LogP contribution is 2.22. The molecule has 2 aromatic carbocycles. The van der Waals surface area contributed by atoms with Gasteiger partial charge in [0, 0.05) is 31.3 Å². The maximum absolute atomic E-state index is 12.2. The number of methoxy groups -OCH3 is 1. The summed E-state index contributed by atoms with van der Waals surface area (Å²) in [5.41, 5.74) is 3.70. The van der Waals surface area contributed by atoms with Gasteiger partial charge in [-0.05, 0) is 49.7 Å². The van der Waals surface area contributed by atoms with Gasteiger partial charge < -0.3 is 15.0 Å². The number of carbonyl (C=O) groups excluding carboxylic acids is 2. The molecule has 132 valence electrons. The van der Waals surface area contributed by atoms with Crippen LogP contribution in [0.5, 0.6) is 5.75 Å². The van der Waals surface area contributed by atoms with Crippen LogP contribution in [0.25, 0.3) is 0 Å². The van der Waals surface area contributed by atoms with Gasteiger partial charge in [0.25, 0.3) is 0 Å². The third-order valence-electron chi connectivity index (χ3n) is 3.96. The number of rotatable bonds is 6. The van der Waals surface area contributed by atoms with E-state index in [-0.39, 0.29) is 18.2 Å². The van der Waals surface area contributed by atoms with Crippen molar-refractivity contribution in [2.75, 3.05) is 23.9 Å². The van der Waals surface area contributed by atoms with Crippen LogP contribution in [0.4, 0.5) is 11.4 Å². The summed E-state index contributed by atoms with van der Waals surface area (Å²) in [7, 11) is 1.59. The number of carbonyl (C=O) groups is 2. The molecule has 5 heteroatoms. The molecule has 0 heterocycles. The summed E-state index contributed by atoms with van der Waals surface area (Å²) in [6, 6.07) is 13.1. The number of hydrogen-bond acceptors (Lipinski definition) is 3. The van der Waals surface area contributed by atoms with E-state index in [0.29, 0.717) is 12.2 Å². The topological polar surface area (TPSA) is 58.6 Å². The molecule has 1 N–H and O–H groups in total. The summed E-state index contributed by atoms with van der Waals surface area (Å²) in [6.07, 6.45) is 0.221. The Morgan fingerprint density at radius 1 is 1.08 bits per heavy atom. The number of hydrogen-bond donors (Lipinski definition) is 1. The molecule has 0 aliphatic heterocycles. The molecule has 0 aromatic heterocycles. The summed E-state index contributed by atoms with van der Waals surface area (Å²) in [5.74, 6) is 0.515. The van der Waals surface area contributed by atoms with Gasteiger partial charge in [-0.15, -0.1) is 0 Å². The normalized spacial score (nSPS) is 10.2. The predicted molar refractivity (Wildman–Crippen MR) is 100 cm³/mol. The number of amides is 2.